The molecule has 0 saturated heterocycles. The largest absolute Gasteiger partial charge is 0.267 e. The smallest absolute Gasteiger partial charge is 0.157 e. The van der Waals surface area contributed by atoms with Crippen LogP contribution in [-0.4, -0.2) is 28.7 Å². The predicted molar refractivity (Wildman–Crippen MR) is 78.0 cm³/mol. The number of aromatic nitrogens is 2. The highest BCUT2D eigenvalue weighted by molar-refractivity contribution is 14.1. The lowest BCUT2D eigenvalue weighted by Crippen LogP contribution is -2.32. The molecule has 1 rings (SSSR count). The SMILES string of the molecule is Cc1nn(CCS(=O)(=O)C(C)(C)C)c(C)c1I. The molecular weight excluding hydrogens is 351 g/mol. The van der Waals surface area contributed by atoms with E-state index in [-0.39, 0.29) is 5.75 Å². The van der Waals surface area contributed by atoms with Crippen LogP contribution in [0.15, 0.2) is 0 Å². The molecule has 0 aliphatic carbocycles. The molecule has 0 spiro atoms. The van der Waals surface area contributed by atoms with E-state index in [4.69, 9.17) is 0 Å². The molecule has 0 fully saturated rings. The summed E-state index contributed by atoms with van der Waals surface area (Å²) in [6.07, 6.45) is 0. The van der Waals surface area contributed by atoms with Crippen LogP contribution in [0.25, 0.3) is 0 Å². The molecule has 6 heteroatoms. The van der Waals surface area contributed by atoms with E-state index in [1.807, 2.05) is 13.8 Å². The molecule has 0 aromatic carbocycles. The third-order valence-corrected chi connectivity index (χ3v) is 6.95. The van der Waals surface area contributed by atoms with Gasteiger partial charge in [0.2, 0.25) is 0 Å². The Morgan fingerprint density at radius 3 is 2.18 bits per heavy atom. The van der Waals surface area contributed by atoms with Crippen molar-refractivity contribution in [2.45, 2.75) is 45.9 Å². The second-order valence-electron chi connectivity index (χ2n) is 5.14. The molecule has 0 amide bonds. The summed E-state index contributed by atoms with van der Waals surface area (Å²) >= 11 is 2.23. The highest BCUT2D eigenvalue weighted by atomic mass is 127. The Balaban J connectivity index is 2.86. The van der Waals surface area contributed by atoms with Crippen molar-refractivity contribution < 1.29 is 8.42 Å². The minimum Gasteiger partial charge on any atom is -0.267 e. The van der Waals surface area contributed by atoms with E-state index in [1.165, 1.54) is 0 Å². The van der Waals surface area contributed by atoms with E-state index >= 15 is 0 Å². The molecule has 0 aliphatic heterocycles. The van der Waals surface area contributed by atoms with E-state index < -0.39 is 14.6 Å². The molecule has 98 valence electrons. The number of halogens is 1. The summed E-state index contributed by atoms with van der Waals surface area (Å²) in [6.45, 7) is 9.51. The molecule has 1 heterocycles. The number of hydrogen-bond donors (Lipinski definition) is 0. The van der Waals surface area contributed by atoms with Gasteiger partial charge in [-0.05, 0) is 57.2 Å². The summed E-state index contributed by atoms with van der Waals surface area (Å²) in [5, 5.41) is 4.34. The van der Waals surface area contributed by atoms with Gasteiger partial charge in [0.05, 0.1) is 26.3 Å². The molecule has 0 aliphatic rings. The number of nitrogens with zero attached hydrogens (tertiary/aromatic N) is 2. The van der Waals surface area contributed by atoms with Crippen molar-refractivity contribution in [1.29, 1.82) is 0 Å². The highest BCUT2D eigenvalue weighted by Gasteiger charge is 2.28. The van der Waals surface area contributed by atoms with Crippen molar-refractivity contribution in [3.63, 3.8) is 0 Å². The van der Waals surface area contributed by atoms with E-state index in [2.05, 4.69) is 27.7 Å². The zero-order valence-electron chi connectivity index (χ0n) is 10.9. The molecule has 0 N–H and O–H groups in total. The van der Waals surface area contributed by atoms with Crippen LogP contribution in [-0.2, 0) is 16.4 Å². The molecule has 0 radical (unpaired) electrons. The molecule has 0 bridgehead atoms. The maximum absolute atomic E-state index is 12.0. The van der Waals surface area contributed by atoms with Gasteiger partial charge in [0, 0.05) is 5.69 Å². The van der Waals surface area contributed by atoms with Crippen molar-refractivity contribution in [3.05, 3.63) is 15.0 Å². The fraction of sp³-hybridized carbons (Fsp3) is 0.727. The summed E-state index contributed by atoms with van der Waals surface area (Å²) < 4.78 is 26.2. The fourth-order valence-corrected chi connectivity index (χ4v) is 2.82. The molecule has 1 aromatic heterocycles. The number of sulfone groups is 1. The first kappa shape index (κ1) is 14.9. The van der Waals surface area contributed by atoms with Gasteiger partial charge >= 0.3 is 0 Å². The van der Waals surface area contributed by atoms with Crippen LogP contribution in [0.1, 0.15) is 32.2 Å². The van der Waals surface area contributed by atoms with Gasteiger partial charge in [0.25, 0.3) is 0 Å². The molecular formula is C11H19IN2O2S. The highest BCUT2D eigenvalue weighted by Crippen LogP contribution is 2.18. The van der Waals surface area contributed by atoms with Gasteiger partial charge in [-0.1, -0.05) is 0 Å². The van der Waals surface area contributed by atoms with Crippen molar-refractivity contribution in [2.24, 2.45) is 0 Å². The average molecular weight is 370 g/mol. The summed E-state index contributed by atoms with van der Waals surface area (Å²) in [5.41, 5.74) is 1.99. The van der Waals surface area contributed by atoms with Crippen LogP contribution in [0.4, 0.5) is 0 Å². The lowest BCUT2D eigenvalue weighted by atomic mass is 10.3. The molecule has 4 nitrogen and oxygen atoms in total. The van der Waals surface area contributed by atoms with E-state index in [1.54, 1.807) is 25.5 Å². The van der Waals surface area contributed by atoms with Gasteiger partial charge in [-0.25, -0.2) is 8.42 Å². The van der Waals surface area contributed by atoms with Crippen molar-refractivity contribution in [2.75, 3.05) is 5.75 Å². The Morgan fingerprint density at radius 1 is 1.29 bits per heavy atom. The summed E-state index contributed by atoms with van der Waals surface area (Å²) in [5.74, 6) is 0.133. The standard InChI is InChI=1S/C11H19IN2O2S/c1-8-10(12)9(2)14(13-8)6-7-17(15,16)11(3,4)5/h6-7H2,1-5H3. The van der Waals surface area contributed by atoms with Gasteiger partial charge in [-0.2, -0.15) is 5.10 Å². The summed E-state index contributed by atoms with van der Waals surface area (Å²) in [7, 11) is -3.08. The number of rotatable bonds is 3. The van der Waals surface area contributed by atoms with Crippen molar-refractivity contribution >= 4 is 32.4 Å². The molecule has 1 aromatic rings. The summed E-state index contributed by atoms with van der Waals surface area (Å²) in [4.78, 5) is 0. The molecule has 17 heavy (non-hydrogen) atoms. The topological polar surface area (TPSA) is 52.0 Å². The minimum absolute atomic E-state index is 0.133. The number of hydrogen-bond acceptors (Lipinski definition) is 3. The third-order valence-electron chi connectivity index (χ3n) is 2.80. The Labute approximate surface area is 117 Å². The van der Waals surface area contributed by atoms with Crippen LogP contribution >= 0.6 is 22.6 Å². The first-order chi connectivity index (χ1) is 7.56. The second kappa shape index (κ2) is 4.87. The molecule has 0 saturated carbocycles. The Hall–Kier alpha value is -0.110. The van der Waals surface area contributed by atoms with Crippen LogP contribution < -0.4 is 0 Å². The zero-order valence-corrected chi connectivity index (χ0v) is 13.9. The number of aryl methyl sites for hydroxylation is 2. The van der Waals surface area contributed by atoms with Gasteiger partial charge in [-0.15, -0.1) is 0 Å². The van der Waals surface area contributed by atoms with Crippen LogP contribution in [0.5, 0.6) is 0 Å². The normalized spacial score (nSPS) is 13.1. The Morgan fingerprint density at radius 2 is 1.82 bits per heavy atom. The van der Waals surface area contributed by atoms with Crippen molar-refractivity contribution in [1.82, 2.24) is 9.78 Å². The van der Waals surface area contributed by atoms with Gasteiger partial charge in [-0.3, -0.25) is 4.68 Å². The van der Waals surface area contributed by atoms with Gasteiger partial charge in [0.15, 0.2) is 9.84 Å². The maximum Gasteiger partial charge on any atom is 0.157 e. The van der Waals surface area contributed by atoms with Gasteiger partial charge < -0.3 is 0 Å². The van der Waals surface area contributed by atoms with Gasteiger partial charge in [0.1, 0.15) is 0 Å². The summed E-state index contributed by atoms with van der Waals surface area (Å²) in [6, 6.07) is 0. The first-order valence-electron chi connectivity index (χ1n) is 5.48. The van der Waals surface area contributed by atoms with Crippen LogP contribution in [0.3, 0.4) is 0 Å². The minimum atomic E-state index is -3.08. The van der Waals surface area contributed by atoms with E-state index in [0.717, 1.165) is 15.0 Å². The molecule has 0 unspecified atom stereocenters. The van der Waals surface area contributed by atoms with E-state index in [0.29, 0.717) is 6.54 Å². The fourth-order valence-electron chi connectivity index (χ4n) is 1.41. The van der Waals surface area contributed by atoms with Crippen molar-refractivity contribution in [3.8, 4) is 0 Å². The Bertz CT molecular complexity index is 512. The zero-order chi connectivity index (χ0) is 13.4. The average Bonchev–Trinajstić information content (AvgIpc) is 2.41. The quantitative estimate of drug-likeness (QED) is 0.768. The second-order valence-corrected chi connectivity index (χ2v) is 9.08. The first-order valence-corrected chi connectivity index (χ1v) is 8.21. The third kappa shape index (κ3) is 3.21. The van der Waals surface area contributed by atoms with E-state index in [9.17, 15) is 8.42 Å². The lowest BCUT2D eigenvalue weighted by molar-refractivity contribution is 0.545. The van der Waals surface area contributed by atoms with Crippen LogP contribution in [0, 0.1) is 17.4 Å². The Kier molecular flexibility index (Phi) is 4.28. The predicted octanol–water partition coefficient (Wildman–Crippen LogP) is 2.32. The monoisotopic (exact) mass is 370 g/mol. The molecule has 0 atom stereocenters. The maximum atomic E-state index is 12.0. The van der Waals surface area contributed by atoms with Crippen LogP contribution in [0.2, 0.25) is 0 Å². The lowest BCUT2D eigenvalue weighted by Gasteiger charge is -2.19.